The van der Waals surface area contributed by atoms with Crippen molar-refractivity contribution in [2.24, 2.45) is 11.7 Å². The van der Waals surface area contributed by atoms with E-state index >= 15 is 0 Å². The first kappa shape index (κ1) is 15.1. The summed E-state index contributed by atoms with van der Waals surface area (Å²) >= 11 is 3.08. The van der Waals surface area contributed by atoms with E-state index in [1.807, 2.05) is 0 Å². The highest BCUT2D eigenvalue weighted by Gasteiger charge is 2.51. The van der Waals surface area contributed by atoms with E-state index in [0.29, 0.717) is 11.1 Å². The summed E-state index contributed by atoms with van der Waals surface area (Å²) in [5.74, 6) is 0.251. The van der Waals surface area contributed by atoms with Gasteiger partial charge in [0.15, 0.2) is 0 Å². The normalized spacial score (nSPS) is 32.2. The van der Waals surface area contributed by atoms with Crippen LogP contribution in [0.3, 0.4) is 0 Å². The van der Waals surface area contributed by atoms with Crippen molar-refractivity contribution in [2.45, 2.75) is 37.2 Å². The molecule has 0 radical (unpaired) electrons. The molecule has 2 aliphatic rings. The molecule has 2 fully saturated rings. The number of hydrogen-bond donors (Lipinski definition) is 2. The minimum Gasteiger partial charge on any atom is -0.378 e. The summed E-state index contributed by atoms with van der Waals surface area (Å²) in [6.07, 6.45) is -2.55. The third-order valence-electron chi connectivity index (χ3n) is 4.29. The van der Waals surface area contributed by atoms with Crippen LogP contribution >= 0.6 is 15.9 Å². The maximum Gasteiger partial charge on any atom is 0.418 e. The second kappa shape index (κ2) is 5.44. The number of alkyl halides is 3. The van der Waals surface area contributed by atoms with Crippen molar-refractivity contribution < 1.29 is 17.9 Å². The van der Waals surface area contributed by atoms with E-state index in [2.05, 4.69) is 21.2 Å². The first-order chi connectivity index (χ1) is 9.88. The van der Waals surface area contributed by atoms with Gasteiger partial charge in [0.2, 0.25) is 0 Å². The van der Waals surface area contributed by atoms with Crippen molar-refractivity contribution in [2.75, 3.05) is 11.9 Å². The molecule has 1 aromatic carbocycles. The van der Waals surface area contributed by atoms with Gasteiger partial charge in [0.1, 0.15) is 0 Å². The molecule has 116 valence electrons. The first-order valence-corrected chi connectivity index (χ1v) is 7.67. The maximum atomic E-state index is 13.1. The largest absolute Gasteiger partial charge is 0.418 e. The molecule has 1 saturated heterocycles. The number of hydrogen-bond acceptors (Lipinski definition) is 3. The van der Waals surface area contributed by atoms with Crippen LogP contribution < -0.4 is 11.1 Å². The summed E-state index contributed by atoms with van der Waals surface area (Å²) in [7, 11) is 0. The molecular weight excluding hydrogens is 349 g/mol. The van der Waals surface area contributed by atoms with Crippen LogP contribution in [0.5, 0.6) is 0 Å². The van der Waals surface area contributed by atoms with Gasteiger partial charge in [-0.3, -0.25) is 0 Å². The van der Waals surface area contributed by atoms with Gasteiger partial charge in [-0.05, 0) is 31.0 Å². The summed E-state index contributed by atoms with van der Waals surface area (Å²) < 4.78 is 45.4. The standard InChI is InChI=1S/C14H16BrF3N2O/c15-7-3-4-10(9(6-7)14(16,17)18)20-12-11(19)8-2-1-5-21-13(8)12/h3-4,6,8,11-13,20H,1-2,5,19H2. The third-order valence-corrected chi connectivity index (χ3v) is 4.78. The second-order valence-corrected chi connectivity index (χ2v) is 6.49. The van der Waals surface area contributed by atoms with Crippen molar-refractivity contribution in [3.63, 3.8) is 0 Å². The molecule has 3 rings (SSSR count). The molecule has 7 heteroatoms. The molecule has 0 aromatic heterocycles. The number of rotatable bonds is 2. The minimum absolute atomic E-state index is 0.0544. The van der Waals surface area contributed by atoms with Gasteiger partial charge in [-0.2, -0.15) is 13.2 Å². The highest BCUT2D eigenvalue weighted by Crippen LogP contribution is 2.41. The van der Waals surface area contributed by atoms with Crippen molar-refractivity contribution >= 4 is 21.6 Å². The van der Waals surface area contributed by atoms with Crippen LogP contribution in [0.15, 0.2) is 22.7 Å². The average molecular weight is 365 g/mol. The van der Waals surface area contributed by atoms with Crippen LogP contribution in [0.1, 0.15) is 18.4 Å². The molecule has 1 heterocycles. The van der Waals surface area contributed by atoms with E-state index in [1.54, 1.807) is 6.07 Å². The van der Waals surface area contributed by atoms with Crippen LogP contribution in [-0.2, 0) is 10.9 Å². The highest BCUT2D eigenvalue weighted by molar-refractivity contribution is 9.10. The summed E-state index contributed by atoms with van der Waals surface area (Å²) in [4.78, 5) is 0. The van der Waals surface area contributed by atoms with Gasteiger partial charge < -0.3 is 15.8 Å². The zero-order chi connectivity index (χ0) is 15.2. The van der Waals surface area contributed by atoms with Gasteiger partial charge in [-0.25, -0.2) is 0 Å². The lowest BCUT2D eigenvalue weighted by molar-refractivity contribution is -0.137. The molecule has 1 saturated carbocycles. The van der Waals surface area contributed by atoms with Crippen molar-refractivity contribution in [1.29, 1.82) is 0 Å². The number of anilines is 1. The van der Waals surface area contributed by atoms with E-state index in [-0.39, 0.29) is 29.8 Å². The fourth-order valence-electron chi connectivity index (χ4n) is 3.18. The third kappa shape index (κ3) is 2.78. The zero-order valence-corrected chi connectivity index (χ0v) is 12.7. The molecule has 0 amide bonds. The predicted octanol–water partition coefficient (Wildman–Crippen LogP) is 3.38. The van der Waals surface area contributed by atoms with Gasteiger partial charge in [-0.15, -0.1) is 0 Å². The zero-order valence-electron chi connectivity index (χ0n) is 11.2. The van der Waals surface area contributed by atoms with Crippen LogP contribution in [0.25, 0.3) is 0 Å². The van der Waals surface area contributed by atoms with Crippen LogP contribution in [0.4, 0.5) is 18.9 Å². The molecule has 4 unspecified atom stereocenters. The fourth-order valence-corrected chi connectivity index (χ4v) is 3.54. The molecule has 21 heavy (non-hydrogen) atoms. The number of halogens is 4. The number of fused-ring (bicyclic) bond motifs is 1. The lowest BCUT2D eigenvalue weighted by Gasteiger charge is -2.52. The smallest absolute Gasteiger partial charge is 0.378 e. The Labute approximate surface area is 129 Å². The Morgan fingerprint density at radius 2 is 2.10 bits per heavy atom. The van der Waals surface area contributed by atoms with E-state index in [4.69, 9.17) is 10.5 Å². The quantitative estimate of drug-likeness (QED) is 0.845. The van der Waals surface area contributed by atoms with Crippen molar-refractivity contribution in [1.82, 2.24) is 0 Å². The Morgan fingerprint density at radius 3 is 2.81 bits per heavy atom. The monoisotopic (exact) mass is 364 g/mol. The van der Waals surface area contributed by atoms with Gasteiger partial charge >= 0.3 is 6.18 Å². The van der Waals surface area contributed by atoms with E-state index < -0.39 is 11.7 Å². The SMILES string of the molecule is NC1C2CCCOC2C1Nc1ccc(Br)cc1C(F)(F)F. The Morgan fingerprint density at radius 1 is 1.33 bits per heavy atom. The molecule has 0 spiro atoms. The fraction of sp³-hybridized carbons (Fsp3) is 0.571. The number of nitrogens with one attached hydrogen (secondary N) is 1. The minimum atomic E-state index is -4.41. The van der Waals surface area contributed by atoms with E-state index in [1.165, 1.54) is 6.07 Å². The Kier molecular flexibility index (Phi) is 3.92. The summed E-state index contributed by atoms with van der Waals surface area (Å²) in [6, 6.07) is 3.65. The van der Waals surface area contributed by atoms with Gasteiger partial charge in [-0.1, -0.05) is 15.9 Å². The first-order valence-electron chi connectivity index (χ1n) is 6.88. The second-order valence-electron chi connectivity index (χ2n) is 5.58. The predicted molar refractivity (Wildman–Crippen MR) is 77.0 cm³/mol. The Hall–Kier alpha value is -0.790. The number of nitrogens with two attached hydrogens (primary N) is 1. The van der Waals surface area contributed by atoms with Gasteiger partial charge in [0.25, 0.3) is 0 Å². The van der Waals surface area contributed by atoms with Gasteiger partial charge in [0, 0.05) is 28.7 Å². The van der Waals surface area contributed by atoms with Gasteiger partial charge in [0.05, 0.1) is 17.7 Å². The molecule has 1 aliphatic heterocycles. The number of benzene rings is 1. The molecule has 1 aliphatic carbocycles. The summed E-state index contributed by atoms with van der Waals surface area (Å²) in [5.41, 5.74) is 5.44. The Balaban J connectivity index is 1.82. The van der Waals surface area contributed by atoms with Crippen molar-refractivity contribution in [3.05, 3.63) is 28.2 Å². The highest BCUT2D eigenvalue weighted by atomic mass is 79.9. The number of ether oxygens (including phenoxy) is 1. The molecule has 1 aromatic rings. The summed E-state index contributed by atoms with van der Waals surface area (Å²) in [5, 5.41) is 2.94. The van der Waals surface area contributed by atoms with Crippen LogP contribution in [0, 0.1) is 5.92 Å². The Bertz CT molecular complexity index is 537. The maximum absolute atomic E-state index is 13.1. The van der Waals surface area contributed by atoms with Crippen LogP contribution in [-0.4, -0.2) is 24.8 Å². The lowest BCUT2D eigenvalue weighted by Crippen LogP contribution is -2.69. The van der Waals surface area contributed by atoms with E-state index in [0.717, 1.165) is 18.9 Å². The molecule has 4 atom stereocenters. The van der Waals surface area contributed by atoms with Crippen LogP contribution in [0.2, 0.25) is 0 Å². The molecule has 3 nitrogen and oxygen atoms in total. The van der Waals surface area contributed by atoms with Crippen molar-refractivity contribution in [3.8, 4) is 0 Å². The molecule has 0 bridgehead atoms. The average Bonchev–Trinajstić information content (AvgIpc) is 2.44. The van der Waals surface area contributed by atoms with E-state index in [9.17, 15) is 13.2 Å². The molecule has 3 N–H and O–H groups in total. The lowest BCUT2D eigenvalue weighted by atomic mass is 9.68. The topological polar surface area (TPSA) is 47.3 Å². The molecular formula is C14H16BrF3N2O. The summed E-state index contributed by atoms with van der Waals surface area (Å²) in [6.45, 7) is 0.651.